The molecule has 4 heteroatoms. The largest absolute Gasteiger partial charge is 0.361 e. The number of hydrogen-bond acceptors (Lipinski definition) is 2. The number of aromatic nitrogens is 1. The van der Waals surface area contributed by atoms with E-state index in [1.54, 1.807) is 0 Å². The number of H-pyrrole nitrogens is 1. The number of rotatable bonds is 2. The Kier molecular flexibility index (Phi) is 2.77. The van der Waals surface area contributed by atoms with Crippen molar-refractivity contribution in [3.05, 3.63) is 36.0 Å². The fourth-order valence-electron chi connectivity index (χ4n) is 3.69. The van der Waals surface area contributed by atoms with E-state index in [2.05, 4.69) is 15.2 Å². The quantitative estimate of drug-likeness (QED) is 0.877. The summed E-state index contributed by atoms with van der Waals surface area (Å²) in [6, 6.07) is 8.75. The molecule has 2 aromatic rings. The third-order valence-corrected chi connectivity index (χ3v) is 4.74. The van der Waals surface area contributed by atoms with Gasteiger partial charge < -0.3 is 10.3 Å². The van der Waals surface area contributed by atoms with E-state index in [-0.39, 0.29) is 5.91 Å². The number of nitrogens with zero attached hydrogens (tertiary/aromatic N) is 1. The molecule has 1 aromatic heterocycles. The Bertz CT molecular complexity index is 648. The average Bonchev–Trinajstić information content (AvgIpc) is 3.14. The van der Waals surface area contributed by atoms with Crippen molar-refractivity contribution >= 4 is 16.8 Å². The van der Waals surface area contributed by atoms with Crippen LogP contribution in [-0.2, 0) is 0 Å². The van der Waals surface area contributed by atoms with Crippen LogP contribution >= 0.6 is 0 Å². The van der Waals surface area contributed by atoms with Crippen molar-refractivity contribution in [2.45, 2.75) is 31.3 Å². The summed E-state index contributed by atoms with van der Waals surface area (Å²) in [6.07, 6.45) is 5.48. The van der Waals surface area contributed by atoms with Gasteiger partial charge in [-0.25, -0.2) is 0 Å². The Labute approximate surface area is 118 Å². The highest BCUT2D eigenvalue weighted by Crippen LogP contribution is 2.28. The molecule has 2 atom stereocenters. The predicted octanol–water partition coefficient (Wildman–Crippen LogP) is 2.13. The van der Waals surface area contributed by atoms with Gasteiger partial charge in [-0.1, -0.05) is 6.07 Å². The Morgan fingerprint density at radius 1 is 1.25 bits per heavy atom. The molecule has 2 aliphatic rings. The molecule has 2 N–H and O–H groups in total. The molecule has 104 valence electrons. The summed E-state index contributed by atoms with van der Waals surface area (Å²) >= 11 is 0. The summed E-state index contributed by atoms with van der Waals surface area (Å²) < 4.78 is 0. The summed E-state index contributed by atoms with van der Waals surface area (Å²) in [5.41, 5.74) is 1.77. The lowest BCUT2D eigenvalue weighted by atomic mass is 10.1. The number of aromatic amines is 1. The minimum atomic E-state index is 0.0558. The van der Waals surface area contributed by atoms with Crippen LogP contribution in [0.3, 0.4) is 0 Å². The molecular weight excluding hydrogens is 250 g/mol. The third kappa shape index (κ3) is 1.91. The molecular formula is C16H19N3O. The first kappa shape index (κ1) is 12.0. The van der Waals surface area contributed by atoms with E-state index >= 15 is 0 Å². The van der Waals surface area contributed by atoms with Crippen molar-refractivity contribution in [1.82, 2.24) is 15.2 Å². The molecule has 0 spiro atoms. The van der Waals surface area contributed by atoms with E-state index in [1.165, 1.54) is 19.4 Å². The number of amides is 1. The van der Waals surface area contributed by atoms with Gasteiger partial charge in [0.25, 0.3) is 5.91 Å². The fraction of sp³-hybridized carbons (Fsp3) is 0.438. The third-order valence-electron chi connectivity index (χ3n) is 4.74. The van der Waals surface area contributed by atoms with Crippen LogP contribution in [0.25, 0.3) is 10.9 Å². The minimum absolute atomic E-state index is 0.0558. The lowest BCUT2D eigenvalue weighted by Crippen LogP contribution is -2.42. The van der Waals surface area contributed by atoms with E-state index in [9.17, 15) is 4.79 Å². The van der Waals surface area contributed by atoms with E-state index in [0.717, 1.165) is 29.4 Å². The van der Waals surface area contributed by atoms with Gasteiger partial charge in [-0.05, 0) is 49.4 Å². The van der Waals surface area contributed by atoms with E-state index in [0.29, 0.717) is 12.1 Å². The Hall–Kier alpha value is -1.81. The fourth-order valence-corrected chi connectivity index (χ4v) is 3.69. The van der Waals surface area contributed by atoms with Crippen molar-refractivity contribution in [2.24, 2.45) is 0 Å². The molecule has 2 aliphatic heterocycles. The Morgan fingerprint density at radius 2 is 2.20 bits per heavy atom. The Morgan fingerprint density at radius 3 is 3.15 bits per heavy atom. The summed E-state index contributed by atoms with van der Waals surface area (Å²) in [6.45, 7) is 2.33. The molecule has 0 saturated carbocycles. The molecule has 0 aliphatic carbocycles. The van der Waals surface area contributed by atoms with Gasteiger partial charge in [-0.2, -0.15) is 0 Å². The monoisotopic (exact) mass is 269 g/mol. The standard InChI is InChI=1S/C16H19N3O/c20-16(12-4-3-11-5-7-17-14(11)10-12)18-13-6-9-19-8-1-2-15(13)19/h3-5,7,10,13,15,17H,1-2,6,8-9H2,(H,18,20). The first-order valence-electron chi connectivity index (χ1n) is 7.43. The van der Waals surface area contributed by atoms with E-state index < -0.39 is 0 Å². The van der Waals surface area contributed by atoms with Gasteiger partial charge in [0.05, 0.1) is 0 Å². The van der Waals surface area contributed by atoms with E-state index in [1.807, 2.05) is 30.5 Å². The molecule has 0 bridgehead atoms. The molecule has 2 saturated heterocycles. The predicted molar refractivity (Wildman–Crippen MR) is 78.8 cm³/mol. The number of benzene rings is 1. The van der Waals surface area contributed by atoms with Crippen LogP contribution in [-0.4, -0.2) is 41.0 Å². The molecule has 4 nitrogen and oxygen atoms in total. The van der Waals surface area contributed by atoms with Crippen molar-refractivity contribution in [2.75, 3.05) is 13.1 Å². The van der Waals surface area contributed by atoms with Gasteiger partial charge in [0, 0.05) is 35.9 Å². The zero-order chi connectivity index (χ0) is 13.5. The van der Waals surface area contributed by atoms with Gasteiger partial charge in [-0.15, -0.1) is 0 Å². The second-order valence-corrected chi connectivity index (χ2v) is 5.89. The van der Waals surface area contributed by atoms with Crippen LogP contribution in [0.1, 0.15) is 29.6 Å². The summed E-state index contributed by atoms with van der Waals surface area (Å²) in [4.78, 5) is 18.1. The van der Waals surface area contributed by atoms with Crippen LogP contribution in [0.4, 0.5) is 0 Å². The van der Waals surface area contributed by atoms with Crippen LogP contribution in [0.5, 0.6) is 0 Å². The smallest absolute Gasteiger partial charge is 0.251 e. The molecule has 0 radical (unpaired) electrons. The summed E-state index contributed by atoms with van der Waals surface area (Å²) in [7, 11) is 0. The maximum atomic E-state index is 12.4. The van der Waals surface area contributed by atoms with Crippen LogP contribution in [0.15, 0.2) is 30.5 Å². The van der Waals surface area contributed by atoms with Crippen molar-refractivity contribution < 1.29 is 4.79 Å². The van der Waals surface area contributed by atoms with Crippen LogP contribution < -0.4 is 5.32 Å². The number of fused-ring (bicyclic) bond motifs is 2. The zero-order valence-electron chi connectivity index (χ0n) is 11.4. The topological polar surface area (TPSA) is 48.1 Å². The van der Waals surface area contributed by atoms with Gasteiger partial charge in [0.15, 0.2) is 0 Å². The minimum Gasteiger partial charge on any atom is -0.361 e. The van der Waals surface area contributed by atoms with Gasteiger partial charge >= 0.3 is 0 Å². The number of carbonyl (C=O) groups is 1. The first-order chi connectivity index (χ1) is 9.81. The summed E-state index contributed by atoms with van der Waals surface area (Å²) in [5.74, 6) is 0.0558. The SMILES string of the molecule is O=C(NC1CCN2CCCC12)c1ccc2cc[nH]c2c1. The average molecular weight is 269 g/mol. The first-order valence-corrected chi connectivity index (χ1v) is 7.43. The van der Waals surface area contributed by atoms with Crippen LogP contribution in [0.2, 0.25) is 0 Å². The van der Waals surface area contributed by atoms with E-state index in [4.69, 9.17) is 0 Å². The normalized spacial score (nSPS) is 26.0. The molecule has 3 heterocycles. The van der Waals surface area contributed by atoms with Gasteiger partial charge in [-0.3, -0.25) is 9.69 Å². The second kappa shape index (κ2) is 4.63. The number of nitrogens with one attached hydrogen (secondary N) is 2. The van der Waals surface area contributed by atoms with Gasteiger partial charge in [0.1, 0.15) is 0 Å². The molecule has 4 rings (SSSR count). The maximum Gasteiger partial charge on any atom is 0.251 e. The molecule has 20 heavy (non-hydrogen) atoms. The Balaban J connectivity index is 1.52. The molecule has 2 fully saturated rings. The lowest BCUT2D eigenvalue weighted by Gasteiger charge is -2.21. The number of carbonyl (C=O) groups excluding carboxylic acids is 1. The van der Waals surface area contributed by atoms with Gasteiger partial charge in [0.2, 0.25) is 0 Å². The number of hydrogen-bond donors (Lipinski definition) is 2. The molecule has 1 aromatic carbocycles. The van der Waals surface area contributed by atoms with Crippen molar-refractivity contribution in [3.63, 3.8) is 0 Å². The highest BCUT2D eigenvalue weighted by Gasteiger charge is 2.37. The van der Waals surface area contributed by atoms with Crippen molar-refractivity contribution in [1.29, 1.82) is 0 Å². The second-order valence-electron chi connectivity index (χ2n) is 5.89. The molecule has 1 amide bonds. The summed E-state index contributed by atoms with van der Waals surface area (Å²) in [5, 5.41) is 4.37. The van der Waals surface area contributed by atoms with Crippen LogP contribution in [0, 0.1) is 0 Å². The highest BCUT2D eigenvalue weighted by molar-refractivity contribution is 5.98. The van der Waals surface area contributed by atoms with Crippen molar-refractivity contribution in [3.8, 4) is 0 Å². The highest BCUT2D eigenvalue weighted by atomic mass is 16.1. The maximum absolute atomic E-state index is 12.4. The zero-order valence-corrected chi connectivity index (χ0v) is 11.4. The molecule has 2 unspecified atom stereocenters. The lowest BCUT2D eigenvalue weighted by molar-refractivity contribution is 0.0929.